The Balaban J connectivity index is 2.06. The predicted molar refractivity (Wildman–Crippen MR) is 89.5 cm³/mol. The molecule has 2 aromatic rings. The number of amides is 2. The van der Waals surface area contributed by atoms with Crippen molar-refractivity contribution in [2.45, 2.75) is 39.3 Å². The zero-order valence-corrected chi connectivity index (χ0v) is 14.0. The number of carbonyl (C=O) groups is 1. The van der Waals surface area contributed by atoms with Crippen LogP contribution >= 0.6 is 11.3 Å². The third-order valence-electron chi connectivity index (χ3n) is 2.89. The molecule has 0 aliphatic rings. The van der Waals surface area contributed by atoms with Gasteiger partial charge in [0.2, 0.25) is 0 Å². The minimum atomic E-state index is -0.536. The zero-order chi connectivity index (χ0) is 16.2. The van der Waals surface area contributed by atoms with Crippen LogP contribution in [-0.2, 0) is 5.54 Å². The molecular formula is C16H21N3O2S. The summed E-state index contributed by atoms with van der Waals surface area (Å²) in [4.78, 5) is 16.5. The third kappa shape index (κ3) is 4.21. The summed E-state index contributed by atoms with van der Waals surface area (Å²) in [6, 6.07) is 7.09. The number of benzene rings is 1. The lowest BCUT2D eigenvalue weighted by molar-refractivity contribution is 0.238. The Bertz CT molecular complexity index is 624. The molecule has 0 atom stereocenters. The largest absolute Gasteiger partial charge is 0.489 e. The highest BCUT2D eigenvalue weighted by atomic mass is 32.1. The van der Waals surface area contributed by atoms with E-state index in [2.05, 4.69) is 15.6 Å². The Morgan fingerprint density at radius 2 is 2.05 bits per heavy atom. The Kier molecular flexibility index (Phi) is 5.03. The number of nitrogens with one attached hydrogen (secondary N) is 2. The molecule has 2 N–H and O–H groups in total. The van der Waals surface area contributed by atoms with E-state index in [0.29, 0.717) is 11.4 Å². The summed E-state index contributed by atoms with van der Waals surface area (Å²) in [7, 11) is 0. The van der Waals surface area contributed by atoms with Crippen LogP contribution in [0.15, 0.2) is 35.8 Å². The molecule has 0 aliphatic carbocycles. The van der Waals surface area contributed by atoms with Crippen LogP contribution in [0, 0.1) is 0 Å². The summed E-state index contributed by atoms with van der Waals surface area (Å²) in [5.41, 5.74) is 0.107. The lowest BCUT2D eigenvalue weighted by Gasteiger charge is -2.24. The molecule has 2 rings (SSSR count). The Hall–Kier alpha value is -2.08. The molecular weight excluding hydrogens is 298 g/mol. The fraction of sp³-hybridized carbons (Fsp3) is 0.375. The van der Waals surface area contributed by atoms with Crippen molar-refractivity contribution in [3.05, 3.63) is 40.8 Å². The minimum absolute atomic E-state index is 0.0396. The maximum Gasteiger partial charge on any atom is 0.320 e. The summed E-state index contributed by atoms with van der Waals surface area (Å²) >= 11 is 1.51. The van der Waals surface area contributed by atoms with Gasteiger partial charge in [0.05, 0.1) is 17.3 Å². The summed E-state index contributed by atoms with van der Waals surface area (Å²) in [6.07, 6.45) is 1.77. The number of para-hydroxylation sites is 2. The van der Waals surface area contributed by atoms with Crippen molar-refractivity contribution in [2.24, 2.45) is 0 Å². The smallest absolute Gasteiger partial charge is 0.320 e. The van der Waals surface area contributed by atoms with Gasteiger partial charge in [0.1, 0.15) is 10.8 Å². The van der Waals surface area contributed by atoms with E-state index in [0.717, 1.165) is 5.01 Å². The van der Waals surface area contributed by atoms with Crippen LogP contribution in [0.5, 0.6) is 5.75 Å². The van der Waals surface area contributed by atoms with Crippen LogP contribution in [0.25, 0.3) is 0 Å². The van der Waals surface area contributed by atoms with E-state index in [4.69, 9.17) is 4.74 Å². The number of aromatic nitrogens is 1. The molecule has 5 nitrogen and oxygen atoms in total. The molecule has 22 heavy (non-hydrogen) atoms. The molecule has 0 saturated heterocycles. The number of carbonyl (C=O) groups excluding carboxylic acids is 1. The highest BCUT2D eigenvalue weighted by molar-refractivity contribution is 7.09. The molecule has 0 aliphatic heterocycles. The van der Waals surface area contributed by atoms with Crippen molar-refractivity contribution in [1.29, 1.82) is 0 Å². The highest BCUT2D eigenvalue weighted by Crippen LogP contribution is 2.26. The summed E-state index contributed by atoms with van der Waals surface area (Å²) in [5.74, 6) is 0.653. The van der Waals surface area contributed by atoms with Gasteiger partial charge in [0.25, 0.3) is 0 Å². The predicted octanol–water partition coefficient (Wildman–Crippen LogP) is 3.99. The number of rotatable bonds is 5. The first kappa shape index (κ1) is 16.3. The molecule has 6 heteroatoms. The lowest BCUT2D eigenvalue weighted by atomic mass is 10.1. The van der Waals surface area contributed by atoms with Crippen molar-refractivity contribution in [3.63, 3.8) is 0 Å². The first-order chi connectivity index (χ1) is 10.4. The van der Waals surface area contributed by atoms with Crippen molar-refractivity contribution >= 4 is 23.1 Å². The lowest BCUT2D eigenvalue weighted by Crippen LogP contribution is -2.43. The van der Waals surface area contributed by atoms with E-state index in [-0.39, 0.29) is 12.1 Å². The number of ether oxygens (including phenoxy) is 1. The van der Waals surface area contributed by atoms with E-state index >= 15 is 0 Å². The van der Waals surface area contributed by atoms with E-state index in [1.54, 1.807) is 6.20 Å². The van der Waals surface area contributed by atoms with E-state index < -0.39 is 5.54 Å². The van der Waals surface area contributed by atoms with Gasteiger partial charge in [0, 0.05) is 11.6 Å². The van der Waals surface area contributed by atoms with Gasteiger partial charge in [-0.2, -0.15) is 0 Å². The molecule has 0 radical (unpaired) electrons. The number of hydrogen-bond donors (Lipinski definition) is 2. The minimum Gasteiger partial charge on any atom is -0.489 e. The molecule has 0 bridgehead atoms. The van der Waals surface area contributed by atoms with E-state index in [1.807, 2.05) is 57.3 Å². The third-order valence-corrected chi connectivity index (χ3v) is 3.99. The first-order valence-electron chi connectivity index (χ1n) is 7.13. The monoisotopic (exact) mass is 319 g/mol. The van der Waals surface area contributed by atoms with Crippen LogP contribution in [0.3, 0.4) is 0 Å². The van der Waals surface area contributed by atoms with Crippen molar-refractivity contribution in [3.8, 4) is 5.75 Å². The zero-order valence-electron chi connectivity index (χ0n) is 13.2. The highest BCUT2D eigenvalue weighted by Gasteiger charge is 2.25. The van der Waals surface area contributed by atoms with Gasteiger partial charge in [0.15, 0.2) is 0 Å². The summed E-state index contributed by atoms with van der Waals surface area (Å²) in [5, 5.41) is 8.51. The fourth-order valence-corrected chi connectivity index (χ4v) is 2.67. The second kappa shape index (κ2) is 6.79. The maximum atomic E-state index is 12.3. The molecule has 1 heterocycles. The molecule has 0 saturated carbocycles. The van der Waals surface area contributed by atoms with Crippen LogP contribution < -0.4 is 15.4 Å². The average molecular weight is 319 g/mol. The van der Waals surface area contributed by atoms with Crippen molar-refractivity contribution < 1.29 is 9.53 Å². The number of nitrogens with zero attached hydrogens (tertiary/aromatic N) is 1. The van der Waals surface area contributed by atoms with Gasteiger partial charge >= 0.3 is 6.03 Å². The molecule has 0 spiro atoms. The average Bonchev–Trinajstić information content (AvgIpc) is 2.94. The number of anilines is 1. The van der Waals surface area contributed by atoms with E-state index in [1.165, 1.54) is 11.3 Å². The topological polar surface area (TPSA) is 63.2 Å². The number of hydrogen-bond acceptors (Lipinski definition) is 4. The van der Waals surface area contributed by atoms with Crippen LogP contribution in [0.4, 0.5) is 10.5 Å². The number of urea groups is 1. The first-order valence-corrected chi connectivity index (χ1v) is 8.01. The second-order valence-corrected chi connectivity index (χ2v) is 6.60. The van der Waals surface area contributed by atoms with Gasteiger partial charge in [-0.25, -0.2) is 9.78 Å². The van der Waals surface area contributed by atoms with Gasteiger partial charge in [-0.3, -0.25) is 0 Å². The standard InChI is InChI=1S/C16H21N3O2S/c1-11(2)21-13-8-6-5-7-12(13)18-15(20)19-16(3,4)14-17-9-10-22-14/h5-11H,1-4H3,(H2,18,19,20). The Morgan fingerprint density at radius 3 is 2.68 bits per heavy atom. The molecule has 1 aromatic heterocycles. The molecule has 0 fully saturated rings. The van der Waals surface area contributed by atoms with Crippen molar-refractivity contribution in [2.75, 3.05) is 5.32 Å². The van der Waals surface area contributed by atoms with Crippen LogP contribution in [-0.4, -0.2) is 17.1 Å². The fourth-order valence-electron chi connectivity index (χ4n) is 1.95. The Morgan fingerprint density at radius 1 is 1.32 bits per heavy atom. The van der Waals surface area contributed by atoms with Gasteiger partial charge in [-0.1, -0.05) is 12.1 Å². The van der Waals surface area contributed by atoms with Gasteiger partial charge in [-0.05, 0) is 39.8 Å². The van der Waals surface area contributed by atoms with Crippen LogP contribution in [0.2, 0.25) is 0 Å². The van der Waals surface area contributed by atoms with Gasteiger partial charge in [-0.15, -0.1) is 11.3 Å². The second-order valence-electron chi connectivity index (χ2n) is 5.70. The molecule has 0 unspecified atom stereocenters. The molecule has 2 amide bonds. The quantitative estimate of drug-likeness (QED) is 0.876. The Labute approximate surface area is 134 Å². The summed E-state index contributed by atoms with van der Waals surface area (Å²) in [6.45, 7) is 7.73. The van der Waals surface area contributed by atoms with E-state index in [9.17, 15) is 4.79 Å². The van der Waals surface area contributed by atoms with Crippen molar-refractivity contribution in [1.82, 2.24) is 10.3 Å². The SMILES string of the molecule is CC(C)Oc1ccccc1NC(=O)NC(C)(C)c1nccs1. The van der Waals surface area contributed by atoms with Crippen LogP contribution in [0.1, 0.15) is 32.7 Å². The maximum absolute atomic E-state index is 12.3. The normalized spacial score (nSPS) is 11.3. The summed E-state index contributed by atoms with van der Waals surface area (Å²) < 4.78 is 5.70. The van der Waals surface area contributed by atoms with Gasteiger partial charge < -0.3 is 15.4 Å². The number of thiazole rings is 1. The molecule has 118 valence electrons. The molecule has 1 aromatic carbocycles.